The Morgan fingerprint density at radius 3 is 2.29 bits per heavy atom. The predicted molar refractivity (Wildman–Crippen MR) is 62.9 cm³/mol. The zero-order chi connectivity index (χ0) is 9.68. The second-order valence-corrected chi connectivity index (χ2v) is 3.94. The van der Waals surface area contributed by atoms with Crippen LogP contribution in [0.2, 0.25) is 0 Å². The van der Waals surface area contributed by atoms with E-state index < -0.39 is 0 Å². The molecule has 80 valence electrons. The topological polar surface area (TPSA) is 9.23 Å². The summed E-state index contributed by atoms with van der Waals surface area (Å²) in [6.07, 6.45) is 1.08. The van der Waals surface area contributed by atoms with E-state index in [-0.39, 0.29) is 7.43 Å². The van der Waals surface area contributed by atoms with Gasteiger partial charge in [0.2, 0.25) is 0 Å². The molecule has 0 aliphatic carbocycles. The molecule has 0 saturated heterocycles. The molecular weight excluding hydrogens is 172 g/mol. The van der Waals surface area contributed by atoms with Crippen LogP contribution in [0.5, 0.6) is 5.75 Å². The Hall–Kier alpha value is -0.980. The molecule has 0 unspecified atom stereocenters. The highest BCUT2D eigenvalue weighted by Gasteiger charge is 2.08. The van der Waals surface area contributed by atoms with Gasteiger partial charge >= 0.3 is 0 Å². The van der Waals surface area contributed by atoms with Gasteiger partial charge in [0.15, 0.2) is 0 Å². The van der Waals surface area contributed by atoms with Crippen molar-refractivity contribution in [2.75, 3.05) is 6.61 Å². The molecule has 1 aromatic carbocycles. The van der Waals surface area contributed by atoms with Gasteiger partial charge in [-0.3, -0.25) is 0 Å². The summed E-state index contributed by atoms with van der Waals surface area (Å²) in [7, 11) is 0. The minimum atomic E-state index is 0. The minimum Gasteiger partial charge on any atom is -0.493 e. The molecule has 0 fully saturated rings. The number of rotatable bonds is 0. The van der Waals surface area contributed by atoms with Crippen LogP contribution >= 0.6 is 0 Å². The van der Waals surface area contributed by atoms with Gasteiger partial charge in [0.25, 0.3) is 0 Å². The first-order chi connectivity index (χ1) is 6.20. The second-order valence-electron chi connectivity index (χ2n) is 3.94. The van der Waals surface area contributed by atoms with Crippen molar-refractivity contribution in [3.63, 3.8) is 0 Å². The number of hydrogen-bond acceptors (Lipinski definition) is 1. The molecule has 1 heteroatoms. The van der Waals surface area contributed by atoms with Gasteiger partial charge in [-0.15, -0.1) is 0 Å². The Morgan fingerprint density at radius 1 is 1.14 bits per heavy atom. The summed E-state index contributed by atoms with van der Waals surface area (Å²) in [5.41, 5.74) is 1.34. The van der Waals surface area contributed by atoms with Crippen LogP contribution < -0.4 is 4.74 Å². The number of ether oxygens (including phenoxy) is 1. The summed E-state index contributed by atoms with van der Waals surface area (Å²) in [6, 6.07) is 8.18. The third-order valence-corrected chi connectivity index (χ3v) is 1.60. The highest BCUT2D eigenvalue weighted by atomic mass is 16.5. The number of hydrogen-bond donors (Lipinski definition) is 0. The molecule has 1 aliphatic rings. The number of fused-ring (bicyclic) bond motifs is 1. The second kappa shape index (κ2) is 6.47. The number of benzene rings is 1. The van der Waals surface area contributed by atoms with Crippen LogP contribution in [0.1, 0.15) is 33.8 Å². The lowest BCUT2D eigenvalue weighted by atomic mass is 10.2. The van der Waals surface area contributed by atoms with Crippen LogP contribution in [-0.4, -0.2) is 6.61 Å². The Labute approximate surface area is 88.1 Å². The average molecular weight is 194 g/mol. The van der Waals surface area contributed by atoms with Crippen LogP contribution in [0.15, 0.2) is 24.3 Å². The van der Waals surface area contributed by atoms with Crippen molar-refractivity contribution in [3.05, 3.63) is 29.8 Å². The monoisotopic (exact) mass is 194 g/mol. The molecule has 0 radical (unpaired) electrons. The van der Waals surface area contributed by atoms with E-state index >= 15 is 0 Å². The molecule has 0 N–H and O–H groups in total. The van der Waals surface area contributed by atoms with Gasteiger partial charge in [-0.1, -0.05) is 46.4 Å². The highest BCUT2D eigenvalue weighted by molar-refractivity contribution is 5.35. The van der Waals surface area contributed by atoms with Crippen molar-refractivity contribution in [3.8, 4) is 5.75 Å². The molecule has 1 nitrogen and oxygen atoms in total. The van der Waals surface area contributed by atoms with Crippen molar-refractivity contribution in [1.29, 1.82) is 0 Å². The van der Waals surface area contributed by atoms with Crippen molar-refractivity contribution >= 4 is 0 Å². The van der Waals surface area contributed by atoms with Crippen LogP contribution in [0, 0.1) is 5.92 Å². The van der Waals surface area contributed by atoms with Crippen LogP contribution in [0.25, 0.3) is 0 Å². The molecule has 1 aliphatic heterocycles. The maximum Gasteiger partial charge on any atom is 0.122 e. The molecule has 0 atom stereocenters. The molecule has 0 saturated carbocycles. The quantitative estimate of drug-likeness (QED) is 0.608. The van der Waals surface area contributed by atoms with E-state index in [0.29, 0.717) is 0 Å². The Kier molecular flexibility index (Phi) is 6.02. The summed E-state index contributed by atoms with van der Waals surface area (Å²) in [6.45, 7) is 7.36. The van der Waals surface area contributed by atoms with E-state index in [1.54, 1.807) is 0 Å². The summed E-state index contributed by atoms with van der Waals surface area (Å²) in [4.78, 5) is 0. The van der Waals surface area contributed by atoms with Gasteiger partial charge in [-0.2, -0.15) is 0 Å². The highest BCUT2D eigenvalue weighted by Crippen LogP contribution is 2.23. The number of para-hydroxylation sites is 1. The lowest BCUT2D eigenvalue weighted by Crippen LogP contribution is -1.85. The molecule has 0 spiro atoms. The Bertz CT molecular complexity index is 227. The van der Waals surface area contributed by atoms with E-state index in [2.05, 4.69) is 26.8 Å². The zero-order valence-corrected chi connectivity index (χ0v) is 8.71. The Morgan fingerprint density at radius 2 is 1.71 bits per heavy atom. The maximum atomic E-state index is 5.30. The molecule has 0 aromatic heterocycles. The average Bonchev–Trinajstić information content (AvgIpc) is 2.49. The fourth-order valence-electron chi connectivity index (χ4n) is 1.12. The summed E-state index contributed by atoms with van der Waals surface area (Å²) < 4.78 is 5.30. The predicted octanol–water partition coefficient (Wildman–Crippen LogP) is 3.92. The normalized spacial score (nSPS) is 12.0. The molecular formula is C13H22O. The third kappa shape index (κ3) is 4.31. The first-order valence-corrected chi connectivity index (χ1v) is 4.91. The van der Waals surface area contributed by atoms with Gasteiger partial charge < -0.3 is 4.74 Å². The first kappa shape index (κ1) is 13.0. The van der Waals surface area contributed by atoms with Gasteiger partial charge in [0, 0.05) is 6.42 Å². The Balaban J connectivity index is 0.000000299. The lowest BCUT2D eigenvalue weighted by Gasteiger charge is -1.93. The molecule has 14 heavy (non-hydrogen) atoms. The molecule has 2 rings (SSSR count). The van der Waals surface area contributed by atoms with Gasteiger partial charge in [-0.05, 0) is 17.5 Å². The van der Waals surface area contributed by atoms with Crippen LogP contribution in [0.3, 0.4) is 0 Å². The molecule has 0 amide bonds. The fourth-order valence-corrected chi connectivity index (χ4v) is 1.12. The van der Waals surface area contributed by atoms with E-state index in [0.717, 1.165) is 24.7 Å². The van der Waals surface area contributed by atoms with Crippen molar-refractivity contribution in [1.82, 2.24) is 0 Å². The van der Waals surface area contributed by atoms with Crippen molar-refractivity contribution < 1.29 is 4.74 Å². The summed E-state index contributed by atoms with van der Waals surface area (Å²) in [5, 5.41) is 0. The standard InChI is InChI=1S/C8H8O.C4H10.CH4/c1-2-4-8-7(3-1)5-6-9-8;1-4(2)3;/h1-4H,5-6H2;4H,1-3H3;1H4. The maximum absolute atomic E-state index is 5.30. The molecule has 1 heterocycles. The van der Waals surface area contributed by atoms with Crippen molar-refractivity contribution in [2.24, 2.45) is 5.92 Å². The fraction of sp³-hybridized carbons (Fsp3) is 0.538. The smallest absolute Gasteiger partial charge is 0.122 e. The van der Waals surface area contributed by atoms with E-state index in [1.807, 2.05) is 18.2 Å². The third-order valence-electron chi connectivity index (χ3n) is 1.60. The molecule has 0 bridgehead atoms. The van der Waals surface area contributed by atoms with Crippen LogP contribution in [-0.2, 0) is 6.42 Å². The summed E-state index contributed by atoms with van der Waals surface area (Å²) in [5.74, 6) is 1.90. The minimum absolute atomic E-state index is 0. The SMILES string of the molecule is C.CC(C)C.c1ccc2c(c1)CCO2. The largest absolute Gasteiger partial charge is 0.493 e. The van der Waals surface area contributed by atoms with Gasteiger partial charge in [0.05, 0.1) is 6.61 Å². The summed E-state index contributed by atoms with van der Waals surface area (Å²) >= 11 is 0. The van der Waals surface area contributed by atoms with Crippen molar-refractivity contribution in [2.45, 2.75) is 34.6 Å². The van der Waals surface area contributed by atoms with Gasteiger partial charge in [0.1, 0.15) is 5.75 Å². The molecule has 1 aromatic rings. The lowest BCUT2D eigenvalue weighted by molar-refractivity contribution is 0.357. The van der Waals surface area contributed by atoms with Crippen LogP contribution in [0.4, 0.5) is 0 Å². The zero-order valence-electron chi connectivity index (χ0n) is 8.71. The van der Waals surface area contributed by atoms with E-state index in [1.165, 1.54) is 5.56 Å². The van der Waals surface area contributed by atoms with E-state index in [9.17, 15) is 0 Å². The van der Waals surface area contributed by atoms with E-state index in [4.69, 9.17) is 4.74 Å². The van der Waals surface area contributed by atoms with Gasteiger partial charge in [-0.25, -0.2) is 0 Å². The first-order valence-electron chi connectivity index (χ1n) is 4.91.